The van der Waals surface area contributed by atoms with Crippen LogP contribution in [-0.2, 0) is 17.8 Å². The number of nitrogens with zero attached hydrogens (tertiary/aromatic N) is 1. The van der Waals surface area contributed by atoms with Gasteiger partial charge in [-0.1, -0.05) is 19.1 Å². The molecule has 0 atom stereocenters. The van der Waals surface area contributed by atoms with Crippen molar-refractivity contribution in [3.05, 3.63) is 29.3 Å². The molecule has 0 aliphatic carbocycles. The van der Waals surface area contributed by atoms with Gasteiger partial charge in [0.15, 0.2) is 0 Å². The van der Waals surface area contributed by atoms with Crippen molar-refractivity contribution in [3.63, 3.8) is 0 Å². The van der Waals surface area contributed by atoms with Crippen molar-refractivity contribution >= 4 is 5.91 Å². The van der Waals surface area contributed by atoms with Gasteiger partial charge in [-0.05, 0) is 23.6 Å². The van der Waals surface area contributed by atoms with Crippen molar-refractivity contribution in [1.29, 1.82) is 0 Å². The summed E-state index contributed by atoms with van der Waals surface area (Å²) in [7, 11) is 3.32. The molecule has 0 spiro atoms. The third-order valence-electron chi connectivity index (χ3n) is 2.71. The minimum absolute atomic E-state index is 0.279. The summed E-state index contributed by atoms with van der Waals surface area (Å²) in [5.74, 6) is 0.589. The molecular weight excluding hydrogens is 218 g/mol. The van der Waals surface area contributed by atoms with Gasteiger partial charge in [-0.15, -0.1) is 0 Å². The molecule has 1 aromatic carbocycles. The number of carbonyl (C=O) groups is 1. The number of likely N-dealkylation sites (N-methyl/N-ethyl adjacent to an activating group) is 1. The summed E-state index contributed by atoms with van der Waals surface area (Å²) in [5.41, 5.74) is 2.15. The SMILES string of the molecule is CCc1cc(CN(C)C(=O)CO)ccc1OC. The van der Waals surface area contributed by atoms with Gasteiger partial charge in [0, 0.05) is 13.6 Å². The maximum absolute atomic E-state index is 11.2. The van der Waals surface area contributed by atoms with Gasteiger partial charge in [-0.2, -0.15) is 0 Å². The number of hydrogen-bond donors (Lipinski definition) is 1. The van der Waals surface area contributed by atoms with Crippen LogP contribution in [0.25, 0.3) is 0 Å². The number of methoxy groups -OCH3 is 1. The molecule has 94 valence electrons. The van der Waals surface area contributed by atoms with Gasteiger partial charge in [-0.3, -0.25) is 4.79 Å². The number of rotatable bonds is 5. The lowest BCUT2D eigenvalue weighted by Crippen LogP contribution is -2.28. The first-order valence-corrected chi connectivity index (χ1v) is 5.63. The number of aliphatic hydroxyl groups is 1. The quantitative estimate of drug-likeness (QED) is 0.837. The Hall–Kier alpha value is -1.55. The standard InChI is InChI=1S/C13H19NO3/c1-4-11-7-10(5-6-12(11)17-3)8-14(2)13(16)9-15/h5-7,15H,4,8-9H2,1-3H3. The second-order valence-corrected chi connectivity index (χ2v) is 3.91. The van der Waals surface area contributed by atoms with Crippen molar-refractivity contribution in [1.82, 2.24) is 4.90 Å². The molecule has 1 rings (SSSR count). The molecule has 0 aliphatic heterocycles. The van der Waals surface area contributed by atoms with Gasteiger partial charge in [0.25, 0.3) is 0 Å². The van der Waals surface area contributed by atoms with E-state index >= 15 is 0 Å². The summed E-state index contributed by atoms with van der Waals surface area (Å²) >= 11 is 0. The Morgan fingerprint density at radius 1 is 1.47 bits per heavy atom. The number of ether oxygens (including phenoxy) is 1. The number of aliphatic hydroxyl groups excluding tert-OH is 1. The summed E-state index contributed by atoms with van der Waals surface area (Å²) in [4.78, 5) is 12.7. The van der Waals surface area contributed by atoms with Crippen molar-refractivity contribution in [3.8, 4) is 5.75 Å². The van der Waals surface area contributed by atoms with E-state index in [-0.39, 0.29) is 5.91 Å². The third kappa shape index (κ3) is 3.46. The smallest absolute Gasteiger partial charge is 0.248 e. The van der Waals surface area contributed by atoms with E-state index in [1.54, 1.807) is 14.2 Å². The van der Waals surface area contributed by atoms with Gasteiger partial charge in [0.1, 0.15) is 12.4 Å². The van der Waals surface area contributed by atoms with Gasteiger partial charge in [-0.25, -0.2) is 0 Å². The fourth-order valence-corrected chi connectivity index (χ4v) is 1.69. The zero-order valence-corrected chi connectivity index (χ0v) is 10.6. The molecule has 4 nitrogen and oxygen atoms in total. The lowest BCUT2D eigenvalue weighted by atomic mass is 10.1. The molecule has 1 aromatic rings. The highest BCUT2D eigenvalue weighted by atomic mass is 16.5. The first-order valence-electron chi connectivity index (χ1n) is 5.63. The number of amides is 1. The van der Waals surface area contributed by atoms with Crippen LogP contribution >= 0.6 is 0 Å². The molecular formula is C13H19NO3. The molecule has 0 heterocycles. The molecule has 1 N–H and O–H groups in total. The van der Waals surface area contributed by atoms with Crippen LogP contribution in [0.1, 0.15) is 18.1 Å². The van der Waals surface area contributed by atoms with Crippen LogP contribution in [0, 0.1) is 0 Å². The topological polar surface area (TPSA) is 49.8 Å². The fraction of sp³-hybridized carbons (Fsp3) is 0.462. The Balaban J connectivity index is 2.82. The molecule has 0 aromatic heterocycles. The van der Waals surface area contributed by atoms with Gasteiger partial charge in [0.2, 0.25) is 5.91 Å². The van der Waals surface area contributed by atoms with Crippen LogP contribution < -0.4 is 4.74 Å². The lowest BCUT2D eigenvalue weighted by Gasteiger charge is -2.17. The van der Waals surface area contributed by atoms with E-state index < -0.39 is 6.61 Å². The molecule has 4 heteroatoms. The third-order valence-corrected chi connectivity index (χ3v) is 2.71. The van der Waals surface area contributed by atoms with E-state index in [1.807, 2.05) is 18.2 Å². The van der Waals surface area contributed by atoms with Crippen LogP contribution in [-0.4, -0.2) is 36.7 Å². The zero-order valence-electron chi connectivity index (χ0n) is 10.6. The summed E-state index contributed by atoms with van der Waals surface area (Å²) in [5, 5.41) is 8.75. The van der Waals surface area contributed by atoms with Crippen LogP contribution in [0.5, 0.6) is 5.75 Å². The Kier molecular flexibility index (Phi) is 4.97. The van der Waals surface area contributed by atoms with Gasteiger partial charge >= 0.3 is 0 Å². The van der Waals surface area contributed by atoms with E-state index in [0.29, 0.717) is 6.54 Å². The molecule has 0 unspecified atom stereocenters. The predicted molar refractivity (Wildman–Crippen MR) is 65.9 cm³/mol. The Morgan fingerprint density at radius 2 is 2.18 bits per heavy atom. The summed E-state index contributed by atoms with van der Waals surface area (Å²) < 4.78 is 5.24. The molecule has 1 amide bonds. The second-order valence-electron chi connectivity index (χ2n) is 3.91. The van der Waals surface area contributed by atoms with Crippen LogP contribution in [0.4, 0.5) is 0 Å². The maximum atomic E-state index is 11.2. The van der Waals surface area contributed by atoms with Crippen molar-refractivity contribution in [2.75, 3.05) is 20.8 Å². The number of hydrogen-bond acceptors (Lipinski definition) is 3. The van der Waals surface area contributed by atoms with Crippen molar-refractivity contribution < 1.29 is 14.6 Å². The molecule has 0 aliphatic rings. The molecule has 0 saturated carbocycles. The number of benzene rings is 1. The monoisotopic (exact) mass is 237 g/mol. The zero-order chi connectivity index (χ0) is 12.8. The molecule has 0 radical (unpaired) electrons. The Bertz CT molecular complexity index is 390. The van der Waals surface area contributed by atoms with E-state index in [9.17, 15) is 4.79 Å². The average Bonchev–Trinajstić information content (AvgIpc) is 2.37. The van der Waals surface area contributed by atoms with Crippen LogP contribution in [0.15, 0.2) is 18.2 Å². The maximum Gasteiger partial charge on any atom is 0.248 e. The summed E-state index contributed by atoms with van der Waals surface area (Å²) in [6.07, 6.45) is 0.884. The average molecular weight is 237 g/mol. The minimum atomic E-state index is -0.451. The van der Waals surface area contributed by atoms with E-state index in [1.165, 1.54) is 4.90 Å². The highest BCUT2D eigenvalue weighted by Gasteiger charge is 2.09. The molecule has 0 saturated heterocycles. The van der Waals surface area contributed by atoms with E-state index in [0.717, 1.165) is 23.3 Å². The van der Waals surface area contributed by atoms with Crippen molar-refractivity contribution in [2.24, 2.45) is 0 Å². The fourth-order valence-electron chi connectivity index (χ4n) is 1.69. The molecule has 0 bridgehead atoms. The number of aryl methyl sites for hydroxylation is 1. The summed E-state index contributed by atoms with van der Waals surface area (Å²) in [6, 6.07) is 5.87. The Labute approximate surface area is 102 Å². The van der Waals surface area contributed by atoms with Crippen LogP contribution in [0.3, 0.4) is 0 Å². The lowest BCUT2D eigenvalue weighted by molar-refractivity contribution is -0.133. The summed E-state index contributed by atoms with van der Waals surface area (Å²) in [6.45, 7) is 2.11. The normalized spacial score (nSPS) is 10.1. The van der Waals surface area contributed by atoms with Crippen LogP contribution in [0.2, 0.25) is 0 Å². The largest absolute Gasteiger partial charge is 0.496 e. The molecule has 0 fully saturated rings. The first-order chi connectivity index (χ1) is 8.12. The second kappa shape index (κ2) is 6.25. The highest BCUT2D eigenvalue weighted by Crippen LogP contribution is 2.20. The Morgan fingerprint density at radius 3 is 2.71 bits per heavy atom. The van der Waals surface area contributed by atoms with Gasteiger partial charge in [0.05, 0.1) is 7.11 Å². The van der Waals surface area contributed by atoms with E-state index in [4.69, 9.17) is 9.84 Å². The first kappa shape index (κ1) is 13.5. The highest BCUT2D eigenvalue weighted by molar-refractivity contribution is 5.76. The predicted octanol–water partition coefficient (Wildman–Crippen LogP) is 1.21. The van der Waals surface area contributed by atoms with Gasteiger partial charge < -0.3 is 14.7 Å². The number of carbonyl (C=O) groups excluding carboxylic acids is 1. The minimum Gasteiger partial charge on any atom is -0.496 e. The van der Waals surface area contributed by atoms with Crippen molar-refractivity contribution in [2.45, 2.75) is 19.9 Å². The molecule has 17 heavy (non-hydrogen) atoms. The van der Waals surface area contributed by atoms with E-state index in [2.05, 4.69) is 6.92 Å².